The zero-order valence-corrected chi connectivity index (χ0v) is 12.0. The number of piperidine rings is 3. The zero-order valence-electron chi connectivity index (χ0n) is 12.0. The third-order valence-electron chi connectivity index (χ3n) is 5.29. The van der Waals surface area contributed by atoms with E-state index in [-0.39, 0.29) is 5.54 Å². The number of aryl methyl sites for hydroxylation is 1. The van der Waals surface area contributed by atoms with Gasteiger partial charge in [0.15, 0.2) is 5.96 Å². The smallest absolute Gasteiger partial charge is 0.196 e. The van der Waals surface area contributed by atoms with E-state index in [0.29, 0.717) is 5.96 Å². The molecule has 1 atom stereocenters. The van der Waals surface area contributed by atoms with Crippen molar-refractivity contribution in [3.05, 3.63) is 29.8 Å². The van der Waals surface area contributed by atoms with Crippen molar-refractivity contribution in [2.24, 2.45) is 16.6 Å². The Hall–Kier alpha value is -1.55. The summed E-state index contributed by atoms with van der Waals surface area (Å²) in [5.41, 5.74) is 8.84. The summed E-state index contributed by atoms with van der Waals surface area (Å²) in [7, 11) is 0. The summed E-state index contributed by atoms with van der Waals surface area (Å²) >= 11 is 0. The molecule has 3 fully saturated rings. The van der Waals surface area contributed by atoms with Crippen molar-refractivity contribution >= 4 is 11.6 Å². The van der Waals surface area contributed by atoms with E-state index < -0.39 is 0 Å². The second-order valence-corrected chi connectivity index (χ2v) is 6.50. The van der Waals surface area contributed by atoms with E-state index >= 15 is 0 Å². The summed E-state index contributed by atoms with van der Waals surface area (Å²) in [6, 6.07) is 8.65. The molecule has 0 aliphatic carbocycles. The van der Waals surface area contributed by atoms with Gasteiger partial charge in [-0.15, -0.1) is 0 Å². The summed E-state index contributed by atoms with van der Waals surface area (Å²) in [4.78, 5) is 9.52. The van der Waals surface area contributed by atoms with Crippen molar-refractivity contribution in [1.29, 1.82) is 0 Å². The molecule has 20 heavy (non-hydrogen) atoms. The fourth-order valence-corrected chi connectivity index (χ4v) is 4.32. The maximum atomic E-state index is 6.26. The van der Waals surface area contributed by atoms with Crippen LogP contribution in [0.4, 0.5) is 5.69 Å². The van der Waals surface area contributed by atoms with Gasteiger partial charge in [0, 0.05) is 12.2 Å². The molecule has 1 unspecified atom stereocenters. The Balaban J connectivity index is 1.77. The molecule has 0 saturated carbocycles. The summed E-state index contributed by atoms with van der Waals surface area (Å²) in [5.74, 6) is 1.42. The van der Waals surface area contributed by atoms with Crippen LogP contribution >= 0.6 is 0 Å². The van der Waals surface area contributed by atoms with E-state index in [0.717, 1.165) is 19.0 Å². The van der Waals surface area contributed by atoms with Crippen LogP contribution in [0, 0.1) is 12.8 Å². The van der Waals surface area contributed by atoms with Gasteiger partial charge in [0.25, 0.3) is 0 Å². The Labute approximate surface area is 120 Å². The zero-order chi connectivity index (χ0) is 13.7. The molecule has 2 bridgehead atoms. The predicted octanol–water partition coefficient (Wildman–Crippen LogP) is 1.59. The van der Waals surface area contributed by atoms with Crippen molar-refractivity contribution in [3.63, 3.8) is 0 Å². The Kier molecular flexibility index (Phi) is 2.58. The average Bonchev–Trinajstić information content (AvgIpc) is 2.77. The van der Waals surface area contributed by atoms with E-state index in [4.69, 9.17) is 5.73 Å². The van der Waals surface area contributed by atoms with Crippen LogP contribution in [0.25, 0.3) is 0 Å². The maximum Gasteiger partial charge on any atom is 0.196 e. The largest absolute Gasteiger partial charge is 0.369 e. The predicted molar refractivity (Wildman–Crippen MR) is 82.0 cm³/mol. The van der Waals surface area contributed by atoms with E-state index in [1.165, 1.54) is 37.2 Å². The molecule has 4 heteroatoms. The van der Waals surface area contributed by atoms with Gasteiger partial charge < -0.3 is 15.5 Å². The third kappa shape index (κ3) is 1.61. The van der Waals surface area contributed by atoms with Crippen molar-refractivity contribution < 1.29 is 0 Å². The van der Waals surface area contributed by atoms with E-state index in [1.807, 2.05) is 0 Å². The van der Waals surface area contributed by atoms with Gasteiger partial charge in [0.05, 0.1) is 12.1 Å². The van der Waals surface area contributed by atoms with Crippen molar-refractivity contribution in [2.45, 2.75) is 25.3 Å². The first kappa shape index (κ1) is 12.2. The summed E-state index contributed by atoms with van der Waals surface area (Å²) in [6.45, 7) is 6.59. The molecular formula is C16H22N4. The SMILES string of the molecule is Cc1cccc(N2C(N)=NCC23CN2CCC3CC2)c1. The van der Waals surface area contributed by atoms with E-state index in [2.05, 4.69) is 46.0 Å². The molecule has 4 aliphatic heterocycles. The molecule has 3 saturated heterocycles. The van der Waals surface area contributed by atoms with E-state index in [9.17, 15) is 0 Å². The van der Waals surface area contributed by atoms with Gasteiger partial charge in [-0.25, -0.2) is 0 Å². The molecule has 1 aromatic carbocycles. The number of anilines is 1. The van der Waals surface area contributed by atoms with Crippen molar-refractivity contribution in [2.75, 3.05) is 31.1 Å². The Morgan fingerprint density at radius 1 is 1.30 bits per heavy atom. The highest BCUT2D eigenvalue weighted by molar-refractivity contribution is 5.98. The Morgan fingerprint density at radius 3 is 2.75 bits per heavy atom. The normalized spacial score (nSPS) is 35.6. The van der Waals surface area contributed by atoms with Gasteiger partial charge in [-0.2, -0.15) is 0 Å². The third-order valence-corrected chi connectivity index (χ3v) is 5.29. The number of guanidine groups is 1. The van der Waals surface area contributed by atoms with Gasteiger partial charge in [0.2, 0.25) is 0 Å². The van der Waals surface area contributed by atoms with Gasteiger partial charge in [-0.3, -0.25) is 4.99 Å². The van der Waals surface area contributed by atoms with Crippen LogP contribution in [0.2, 0.25) is 0 Å². The molecule has 0 aromatic heterocycles. The van der Waals surface area contributed by atoms with Crippen LogP contribution < -0.4 is 10.6 Å². The molecule has 4 heterocycles. The van der Waals surface area contributed by atoms with Gasteiger partial charge in [0.1, 0.15) is 0 Å². The highest BCUT2D eigenvalue weighted by Gasteiger charge is 2.54. The molecule has 4 nitrogen and oxygen atoms in total. The number of benzene rings is 1. The number of rotatable bonds is 1. The second-order valence-electron chi connectivity index (χ2n) is 6.50. The van der Waals surface area contributed by atoms with Crippen LogP contribution in [-0.4, -0.2) is 42.6 Å². The monoisotopic (exact) mass is 270 g/mol. The van der Waals surface area contributed by atoms with Crippen LogP contribution in [0.15, 0.2) is 29.3 Å². The topological polar surface area (TPSA) is 44.9 Å². The van der Waals surface area contributed by atoms with Gasteiger partial charge in [-0.05, 0) is 56.5 Å². The molecule has 0 radical (unpaired) electrons. The molecular weight excluding hydrogens is 248 g/mol. The minimum atomic E-state index is 0.106. The lowest BCUT2D eigenvalue weighted by Gasteiger charge is -2.55. The van der Waals surface area contributed by atoms with Crippen molar-refractivity contribution in [1.82, 2.24) is 4.90 Å². The van der Waals surface area contributed by atoms with Crippen LogP contribution in [-0.2, 0) is 0 Å². The first-order chi connectivity index (χ1) is 9.69. The van der Waals surface area contributed by atoms with Crippen molar-refractivity contribution in [3.8, 4) is 0 Å². The summed E-state index contributed by atoms with van der Waals surface area (Å²) in [5, 5.41) is 0. The lowest BCUT2D eigenvalue weighted by atomic mass is 9.72. The quantitative estimate of drug-likeness (QED) is 0.843. The summed E-state index contributed by atoms with van der Waals surface area (Å²) < 4.78 is 0. The Morgan fingerprint density at radius 2 is 2.10 bits per heavy atom. The molecule has 0 amide bonds. The van der Waals surface area contributed by atoms with Gasteiger partial charge >= 0.3 is 0 Å². The summed E-state index contributed by atoms with van der Waals surface area (Å²) in [6.07, 6.45) is 2.57. The number of nitrogens with zero attached hydrogens (tertiary/aromatic N) is 3. The maximum absolute atomic E-state index is 6.26. The van der Waals surface area contributed by atoms with Gasteiger partial charge in [-0.1, -0.05) is 12.1 Å². The molecule has 4 aliphatic rings. The number of fused-ring (bicyclic) bond motifs is 2. The molecule has 2 N–H and O–H groups in total. The van der Waals surface area contributed by atoms with Crippen LogP contribution in [0.3, 0.4) is 0 Å². The average molecular weight is 270 g/mol. The highest BCUT2D eigenvalue weighted by atomic mass is 15.4. The Bertz CT molecular complexity index is 559. The second kappa shape index (κ2) is 4.22. The van der Waals surface area contributed by atoms with Crippen LogP contribution in [0.5, 0.6) is 0 Å². The fourth-order valence-electron chi connectivity index (χ4n) is 4.32. The minimum Gasteiger partial charge on any atom is -0.369 e. The number of hydrogen-bond donors (Lipinski definition) is 1. The number of hydrogen-bond acceptors (Lipinski definition) is 4. The molecule has 5 rings (SSSR count). The minimum absolute atomic E-state index is 0.106. The standard InChI is InChI=1S/C16H22N4/c1-12-3-2-4-14(9-12)20-15(17)18-10-16(20)11-19-7-5-13(16)6-8-19/h2-4,9,13H,5-8,10-11H2,1H3,(H2,17,18). The molecule has 1 aromatic rings. The molecule has 1 spiro atoms. The lowest BCUT2D eigenvalue weighted by Crippen LogP contribution is -2.68. The van der Waals surface area contributed by atoms with E-state index in [1.54, 1.807) is 0 Å². The highest BCUT2D eigenvalue weighted by Crippen LogP contribution is 2.44. The first-order valence-electron chi connectivity index (χ1n) is 7.58. The lowest BCUT2D eigenvalue weighted by molar-refractivity contribution is 0.0391. The number of nitrogens with two attached hydrogens (primary N) is 1. The van der Waals surface area contributed by atoms with Crippen LogP contribution in [0.1, 0.15) is 18.4 Å². The fraction of sp³-hybridized carbons (Fsp3) is 0.562. The first-order valence-corrected chi connectivity index (χ1v) is 7.58. The molecule has 106 valence electrons. The number of aliphatic imine (C=N–C) groups is 1.